The Morgan fingerprint density at radius 1 is 1.12 bits per heavy atom. The van der Waals surface area contributed by atoms with Crippen LogP contribution in [-0.4, -0.2) is 74.8 Å². The average Bonchev–Trinajstić information content (AvgIpc) is 3.47. The maximum absolute atomic E-state index is 13.1. The highest BCUT2D eigenvalue weighted by Gasteiger charge is 2.31. The Labute approximate surface area is 244 Å². The summed E-state index contributed by atoms with van der Waals surface area (Å²) >= 11 is 1.13. The molecule has 10 N–H and O–H groups in total. The van der Waals surface area contributed by atoms with Crippen LogP contribution in [0.2, 0.25) is 0 Å². The first-order valence-corrected chi connectivity index (χ1v) is 15.6. The van der Waals surface area contributed by atoms with Gasteiger partial charge in [-0.25, -0.2) is 13.4 Å². The number of aromatic nitrogens is 1. The van der Waals surface area contributed by atoms with Crippen LogP contribution in [0.15, 0.2) is 46.9 Å². The lowest BCUT2D eigenvalue weighted by molar-refractivity contribution is -0.127. The molecule has 3 atom stereocenters. The lowest BCUT2D eigenvalue weighted by Crippen LogP contribution is -2.62. The SMILES string of the molecule is CCCCNC(N)[C@@H](NS(=O)(=O)Cc1ccccc1)C(=O)NCC(=O)N[C@@H](CCCN=C(N)N)C(=O)c1nccs1. The summed E-state index contributed by atoms with van der Waals surface area (Å²) in [6.07, 6.45) is 2.67. The maximum Gasteiger partial charge on any atom is 0.241 e. The second-order valence-corrected chi connectivity index (χ2v) is 11.8. The number of amides is 2. The number of guanidine groups is 1. The van der Waals surface area contributed by atoms with Gasteiger partial charge in [0.25, 0.3) is 0 Å². The number of nitrogens with two attached hydrogens (primary N) is 3. The largest absolute Gasteiger partial charge is 0.370 e. The molecule has 41 heavy (non-hydrogen) atoms. The van der Waals surface area contributed by atoms with Gasteiger partial charge in [-0.3, -0.25) is 19.4 Å². The van der Waals surface area contributed by atoms with E-state index >= 15 is 0 Å². The topological polar surface area (TPSA) is 237 Å². The normalized spacial score (nSPS) is 13.5. The molecule has 16 heteroatoms. The van der Waals surface area contributed by atoms with E-state index in [4.69, 9.17) is 17.2 Å². The standard InChI is InChI=1S/C25H39N9O5S2/c1-2-3-11-29-22(26)20(34-41(38,39)16-17-8-5-4-6-9-17)23(37)32-15-19(35)33-18(10-7-12-31-25(27)28)21(36)24-30-13-14-40-24/h4-6,8-9,13-14,18,20,22,29,34H,2-3,7,10-12,15-16,26H2,1H3,(H,32,37)(H,33,35)(H4,27,28,31)/t18-,20+,22?/m0/s1. The fourth-order valence-electron chi connectivity index (χ4n) is 3.67. The van der Waals surface area contributed by atoms with Crippen molar-refractivity contribution in [2.45, 2.75) is 56.6 Å². The van der Waals surface area contributed by atoms with Crippen molar-refractivity contribution in [1.82, 2.24) is 25.7 Å². The molecule has 0 aliphatic carbocycles. The molecule has 1 aromatic carbocycles. The average molecular weight is 610 g/mol. The molecule has 2 amide bonds. The van der Waals surface area contributed by atoms with Crippen LogP contribution in [0.1, 0.15) is 48.0 Å². The number of hydrogen-bond acceptors (Lipinski definition) is 10. The zero-order valence-corrected chi connectivity index (χ0v) is 24.5. The number of thiazole rings is 1. The third-order valence-electron chi connectivity index (χ3n) is 5.72. The number of nitrogens with one attached hydrogen (secondary N) is 4. The van der Waals surface area contributed by atoms with Gasteiger partial charge in [0.1, 0.15) is 6.04 Å². The number of hydrogen-bond donors (Lipinski definition) is 7. The minimum absolute atomic E-state index is 0.0871. The van der Waals surface area contributed by atoms with Crippen molar-refractivity contribution in [2.24, 2.45) is 22.2 Å². The fraction of sp³-hybridized carbons (Fsp3) is 0.480. The summed E-state index contributed by atoms with van der Waals surface area (Å²) in [5.41, 5.74) is 17.4. The molecule has 0 saturated carbocycles. The molecule has 0 aliphatic heterocycles. The molecule has 0 spiro atoms. The van der Waals surface area contributed by atoms with Crippen molar-refractivity contribution < 1.29 is 22.8 Å². The van der Waals surface area contributed by atoms with E-state index in [2.05, 4.69) is 30.6 Å². The monoisotopic (exact) mass is 609 g/mol. The lowest BCUT2D eigenvalue weighted by Gasteiger charge is -2.25. The molecular formula is C25H39N9O5S2. The molecule has 1 heterocycles. The molecule has 0 aliphatic rings. The number of sulfonamides is 1. The van der Waals surface area contributed by atoms with Gasteiger partial charge < -0.3 is 33.2 Å². The Bertz CT molecular complexity index is 1240. The number of unbranched alkanes of at least 4 members (excludes halogenated alkanes) is 1. The maximum atomic E-state index is 13.1. The van der Waals surface area contributed by atoms with Gasteiger partial charge in [0.2, 0.25) is 27.6 Å². The van der Waals surface area contributed by atoms with Crippen LogP contribution >= 0.6 is 11.3 Å². The summed E-state index contributed by atoms with van der Waals surface area (Å²) in [4.78, 5) is 46.6. The van der Waals surface area contributed by atoms with Gasteiger partial charge in [-0.15, -0.1) is 11.3 Å². The van der Waals surface area contributed by atoms with Crippen molar-refractivity contribution in [3.8, 4) is 0 Å². The second kappa shape index (κ2) is 17.4. The zero-order valence-electron chi connectivity index (χ0n) is 22.9. The first kappa shape index (κ1) is 33.8. The van der Waals surface area contributed by atoms with Crippen molar-refractivity contribution >= 4 is 44.9 Å². The van der Waals surface area contributed by atoms with Crippen LogP contribution in [0.25, 0.3) is 0 Å². The third kappa shape index (κ3) is 12.7. The van der Waals surface area contributed by atoms with Gasteiger partial charge in [-0.1, -0.05) is 43.7 Å². The number of Topliss-reactive ketones (excluding diaryl/α,β-unsaturated/α-hetero) is 1. The number of carbonyl (C=O) groups excluding carboxylic acids is 3. The molecule has 0 fully saturated rings. The van der Waals surface area contributed by atoms with Gasteiger partial charge in [-0.05, 0) is 31.4 Å². The lowest BCUT2D eigenvalue weighted by atomic mass is 10.1. The Balaban J connectivity index is 2.06. The van der Waals surface area contributed by atoms with Gasteiger partial charge in [0, 0.05) is 18.1 Å². The Kier molecular flexibility index (Phi) is 14.3. The molecule has 14 nitrogen and oxygen atoms in total. The van der Waals surface area contributed by atoms with E-state index in [-0.39, 0.29) is 29.7 Å². The summed E-state index contributed by atoms with van der Waals surface area (Å²) in [7, 11) is -3.98. The van der Waals surface area contributed by atoms with Crippen molar-refractivity contribution in [2.75, 3.05) is 19.6 Å². The predicted molar refractivity (Wildman–Crippen MR) is 158 cm³/mol. The first-order chi connectivity index (χ1) is 19.5. The van der Waals surface area contributed by atoms with E-state index in [1.54, 1.807) is 35.7 Å². The van der Waals surface area contributed by atoms with Gasteiger partial charge in [-0.2, -0.15) is 4.72 Å². The van der Waals surface area contributed by atoms with Crippen LogP contribution in [-0.2, 0) is 25.4 Å². The van der Waals surface area contributed by atoms with Crippen LogP contribution in [0.4, 0.5) is 0 Å². The van der Waals surface area contributed by atoms with Crippen molar-refractivity contribution in [1.29, 1.82) is 0 Å². The summed E-state index contributed by atoms with van der Waals surface area (Å²) in [6.45, 7) is 2.17. The number of carbonyl (C=O) groups is 3. The molecular weight excluding hydrogens is 570 g/mol. The van der Waals surface area contributed by atoms with E-state index in [9.17, 15) is 22.8 Å². The number of benzene rings is 1. The van der Waals surface area contributed by atoms with Crippen molar-refractivity contribution in [3.05, 3.63) is 52.5 Å². The minimum atomic E-state index is -3.98. The van der Waals surface area contributed by atoms with E-state index in [1.807, 2.05) is 6.92 Å². The Morgan fingerprint density at radius 2 is 1.85 bits per heavy atom. The molecule has 1 unspecified atom stereocenters. The number of rotatable bonds is 19. The third-order valence-corrected chi connectivity index (χ3v) is 7.84. The highest BCUT2D eigenvalue weighted by Crippen LogP contribution is 2.11. The minimum Gasteiger partial charge on any atom is -0.370 e. The van der Waals surface area contributed by atoms with Crippen LogP contribution in [0.5, 0.6) is 0 Å². The predicted octanol–water partition coefficient (Wildman–Crippen LogP) is -0.857. The van der Waals surface area contributed by atoms with Crippen LogP contribution < -0.4 is 37.9 Å². The quantitative estimate of drug-likeness (QED) is 0.0342. The van der Waals surface area contributed by atoms with Crippen LogP contribution in [0.3, 0.4) is 0 Å². The number of nitrogens with zero attached hydrogens (tertiary/aromatic N) is 2. The number of ketones is 1. The van der Waals surface area contributed by atoms with E-state index in [1.165, 1.54) is 6.20 Å². The first-order valence-electron chi connectivity index (χ1n) is 13.1. The molecule has 2 aromatic rings. The molecule has 0 radical (unpaired) electrons. The van der Waals surface area contributed by atoms with E-state index in [0.717, 1.165) is 24.2 Å². The van der Waals surface area contributed by atoms with Gasteiger partial charge in [0.05, 0.1) is 24.5 Å². The Morgan fingerprint density at radius 3 is 2.49 bits per heavy atom. The highest BCUT2D eigenvalue weighted by atomic mass is 32.2. The van der Waals surface area contributed by atoms with Gasteiger partial charge >= 0.3 is 0 Å². The molecule has 1 aromatic heterocycles. The highest BCUT2D eigenvalue weighted by molar-refractivity contribution is 7.88. The summed E-state index contributed by atoms with van der Waals surface area (Å²) in [5.74, 6) is -2.30. The number of aliphatic imine (C=N–C) groups is 1. The van der Waals surface area contributed by atoms with Crippen LogP contribution in [0, 0.1) is 0 Å². The Hall–Kier alpha value is -3.44. The summed E-state index contributed by atoms with van der Waals surface area (Å²) in [6, 6.07) is 6.14. The molecule has 226 valence electrons. The smallest absolute Gasteiger partial charge is 0.241 e. The fourth-order valence-corrected chi connectivity index (χ4v) is 5.66. The molecule has 0 saturated heterocycles. The van der Waals surface area contributed by atoms with Gasteiger partial charge in [0.15, 0.2) is 11.0 Å². The van der Waals surface area contributed by atoms with E-state index in [0.29, 0.717) is 18.5 Å². The molecule has 0 bridgehead atoms. The van der Waals surface area contributed by atoms with E-state index < -0.39 is 52.4 Å². The second-order valence-electron chi connectivity index (χ2n) is 9.16. The summed E-state index contributed by atoms with van der Waals surface area (Å²) in [5, 5.41) is 9.84. The molecule has 2 rings (SSSR count). The van der Waals surface area contributed by atoms with Crippen molar-refractivity contribution in [3.63, 3.8) is 0 Å². The summed E-state index contributed by atoms with van der Waals surface area (Å²) < 4.78 is 28.1. The zero-order chi connectivity index (χ0) is 30.3.